The summed E-state index contributed by atoms with van der Waals surface area (Å²) in [5, 5.41) is 15.2. The zero-order valence-corrected chi connectivity index (χ0v) is 13.0. The van der Waals surface area contributed by atoms with Crippen molar-refractivity contribution in [3.63, 3.8) is 0 Å². The third-order valence-electron chi connectivity index (χ3n) is 3.76. The monoisotopic (exact) mass is 304 g/mol. The number of ether oxygens (including phenoxy) is 1. The molecule has 0 bridgehead atoms. The molecule has 0 aliphatic carbocycles. The Morgan fingerprint density at radius 1 is 1.32 bits per heavy atom. The van der Waals surface area contributed by atoms with Crippen molar-refractivity contribution < 1.29 is 19.4 Å². The smallest absolute Gasteiger partial charge is 0.354 e. The summed E-state index contributed by atoms with van der Waals surface area (Å²) in [5.41, 5.74) is 0.623. The highest BCUT2D eigenvalue weighted by Crippen LogP contribution is 2.33. The van der Waals surface area contributed by atoms with Gasteiger partial charge in [-0.1, -0.05) is 19.1 Å². The van der Waals surface area contributed by atoms with Crippen LogP contribution in [-0.2, 0) is 20.7 Å². The standard InChI is InChI=1S/C16H20N2O4/c1-4-11-6-8-12(9-7-11)18-16(3,15(20)21)10-13(17-18)14(19)22-5-2/h6-9H,4-5,10H2,1-3H3,(H,20,21)/t16-/m0/s1. The number of rotatable bonds is 5. The fourth-order valence-electron chi connectivity index (χ4n) is 2.38. The van der Waals surface area contributed by atoms with Crippen LogP contribution in [0.1, 0.15) is 32.8 Å². The van der Waals surface area contributed by atoms with Gasteiger partial charge >= 0.3 is 11.9 Å². The zero-order chi connectivity index (χ0) is 16.3. The minimum atomic E-state index is -1.30. The Morgan fingerprint density at radius 3 is 2.45 bits per heavy atom. The molecular formula is C16H20N2O4. The summed E-state index contributed by atoms with van der Waals surface area (Å²) in [6.07, 6.45) is 0.907. The number of carbonyl (C=O) groups is 2. The lowest BCUT2D eigenvalue weighted by atomic mass is 9.95. The van der Waals surface area contributed by atoms with Crippen molar-refractivity contribution in [1.29, 1.82) is 0 Å². The van der Waals surface area contributed by atoms with Crippen LogP contribution in [0.5, 0.6) is 0 Å². The van der Waals surface area contributed by atoms with Crippen molar-refractivity contribution in [3.8, 4) is 0 Å². The minimum Gasteiger partial charge on any atom is -0.479 e. The average Bonchev–Trinajstić information content (AvgIpc) is 2.87. The van der Waals surface area contributed by atoms with E-state index in [0.29, 0.717) is 5.69 Å². The molecule has 0 radical (unpaired) electrons. The molecule has 0 amide bonds. The summed E-state index contributed by atoms with van der Waals surface area (Å²) < 4.78 is 4.93. The molecule has 22 heavy (non-hydrogen) atoms. The lowest BCUT2D eigenvalue weighted by Gasteiger charge is -2.30. The van der Waals surface area contributed by atoms with Crippen molar-refractivity contribution in [1.82, 2.24) is 0 Å². The van der Waals surface area contributed by atoms with E-state index in [2.05, 4.69) is 5.10 Å². The van der Waals surface area contributed by atoms with E-state index in [-0.39, 0.29) is 18.7 Å². The van der Waals surface area contributed by atoms with E-state index in [9.17, 15) is 14.7 Å². The van der Waals surface area contributed by atoms with Gasteiger partial charge in [0.15, 0.2) is 5.54 Å². The van der Waals surface area contributed by atoms with Gasteiger partial charge in [0.05, 0.1) is 12.3 Å². The second-order valence-electron chi connectivity index (χ2n) is 5.35. The predicted molar refractivity (Wildman–Crippen MR) is 83.0 cm³/mol. The molecule has 0 aromatic heterocycles. The number of anilines is 1. The molecule has 1 aliphatic heterocycles. The number of hydrogen-bond donors (Lipinski definition) is 1. The molecule has 0 spiro atoms. The van der Waals surface area contributed by atoms with Crippen LogP contribution in [0.15, 0.2) is 29.4 Å². The van der Waals surface area contributed by atoms with Gasteiger partial charge in [-0.25, -0.2) is 14.6 Å². The molecule has 1 aromatic rings. The van der Waals surface area contributed by atoms with E-state index in [4.69, 9.17) is 4.74 Å². The van der Waals surface area contributed by atoms with Crippen molar-refractivity contribution in [3.05, 3.63) is 29.8 Å². The molecule has 6 heteroatoms. The first-order valence-corrected chi connectivity index (χ1v) is 7.29. The first-order chi connectivity index (χ1) is 10.4. The topological polar surface area (TPSA) is 79.2 Å². The summed E-state index contributed by atoms with van der Waals surface area (Å²) in [5.74, 6) is -1.60. The summed E-state index contributed by atoms with van der Waals surface area (Å²) >= 11 is 0. The molecule has 0 fully saturated rings. The fraction of sp³-hybridized carbons (Fsp3) is 0.438. The van der Waals surface area contributed by atoms with Crippen LogP contribution in [0.4, 0.5) is 5.69 Å². The van der Waals surface area contributed by atoms with Gasteiger partial charge in [-0.3, -0.25) is 0 Å². The summed E-state index contributed by atoms with van der Waals surface area (Å²) in [7, 11) is 0. The maximum Gasteiger partial charge on any atom is 0.354 e. The van der Waals surface area contributed by atoms with E-state index >= 15 is 0 Å². The van der Waals surface area contributed by atoms with Gasteiger partial charge < -0.3 is 9.84 Å². The molecule has 1 atom stereocenters. The minimum absolute atomic E-state index is 0.0106. The number of benzene rings is 1. The number of carbonyl (C=O) groups excluding carboxylic acids is 1. The van der Waals surface area contributed by atoms with Gasteiger partial charge in [0, 0.05) is 6.42 Å². The largest absolute Gasteiger partial charge is 0.479 e. The van der Waals surface area contributed by atoms with E-state index in [1.54, 1.807) is 13.8 Å². The second kappa shape index (κ2) is 6.17. The molecule has 0 saturated carbocycles. The Morgan fingerprint density at radius 2 is 1.95 bits per heavy atom. The maximum absolute atomic E-state index is 11.9. The molecule has 1 aliphatic rings. The highest BCUT2D eigenvalue weighted by atomic mass is 16.5. The predicted octanol–water partition coefficient (Wildman–Crippen LogP) is 2.22. The molecule has 0 unspecified atom stereocenters. The lowest BCUT2D eigenvalue weighted by molar-refractivity contribution is -0.142. The number of esters is 1. The molecule has 118 valence electrons. The normalized spacial score (nSPS) is 20.7. The quantitative estimate of drug-likeness (QED) is 0.844. The molecular weight excluding hydrogens is 284 g/mol. The Hall–Kier alpha value is -2.37. The third-order valence-corrected chi connectivity index (χ3v) is 3.76. The number of hydrogen-bond acceptors (Lipinski definition) is 5. The van der Waals surface area contributed by atoms with Gasteiger partial charge in [0.25, 0.3) is 0 Å². The van der Waals surface area contributed by atoms with E-state index in [1.165, 1.54) is 5.01 Å². The van der Waals surface area contributed by atoms with Crippen molar-refractivity contribution in [2.75, 3.05) is 11.6 Å². The van der Waals surface area contributed by atoms with Crippen LogP contribution in [0, 0.1) is 0 Å². The number of aryl methyl sites for hydroxylation is 1. The first-order valence-electron chi connectivity index (χ1n) is 7.29. The Balaban J connectivity index is 2.38. The van der Waals surface area contributed by atoms with Gasteiger partial charge in [-0.15, -0.1) is 0 Å². The van der Waals surface area contributed by atoms with Gasteiger partial charge in [0.2, 0.25) is 0 Å². The number of nitrogens with zero attached hydrogens (tertiary/aromatic N) is 2. The van der Waals surface area contributed by atoms with Gasteiger partial charge in [-0.05, 0) is 38.0 Å². The molecule has 1 heterocycles. The third kappa shape index (κ3) is 2.81. The maximum atomic E-state index is 11.9. The Labute approximate surface area is 129 Å². The average molecular weight is 304 g/mol. The fourth-order valence-corrected chi connectivity index (χ4v) is 2.38. The van der Waals surface area contributed by atoms with Crippen LogP contribution >= 0.6 is 0 Å². The molecule has 1 N–H and O–H groups in total. The summed E-state index contributed by atoms with van der Waals surface area (Å²) in [4.78, 5) is 23.5. The summed E-state index contributed by atoms with van der Waals surface area (Å²) in [6, 6.07) is 7.49. The zero-order valence-electron chi connectivity index (χ0n) is 13.0. The Kier molecular flexibility index (Phi) is 4.49. The summed E-state index contributed by atoms with van der Waals surface area (Å²) in [6.45, 7) is 5.53. The highest BCUT2D eigenvalue weighted by Gasteiger charge is 2.48. The van der Waals surface area contributed by atoms with Crippen LogP contribution in [0.2, 0.25) is 0 Å². The van der Waals surface area contributed by atoms with Gasteiger partial charge in [0.1, 0.15) is 5.71 Å². The SMILES string of the molecule is CCOC(=O)C1=NN(c2ccc(CC)cc2)[C@](C)(C(=O)O)C1. The highest BCUT2D eigenvalue weighted by molar-refractivity contribution is 6.38. The van der Waals surface area contributed by atoms with E-state index in [0.717, 1.165) is 12.0 Å². The van der Waals surface area contributed by atoms with E-state index in [1.807, 2.05) is 31.2 Å². The van der Waals surface area contributed by atoms with E-state index < -0.39 is 17.5 Å². The lowest BCUT2D eigenvalue weighted by Crippen LogP contribution is -2.47. The van der Waals surface area contributed by atoms with Crippen molar-refractivity contribution in [2.45, 2.75) is 39.2 Å². The van der Waals surface area contributed by atoms with Gasteiger partial charge in [-0.2, -0.15) is 5.10 Å². The Bertz CT molecular complexity index is 609. The molecule has 6 nitrogen and oxygen atoms in total. The van der Waals surface area contributed by atoms with Crippen LogP contribution in [0.3, 0.4) is 0 Å². The van der Waals surface area contributed by atoms with Crippen LogP contribution in [0.25, 0.3) is 0 Å². The molecule has 1 aromatic carbocycles. The number of carboxylic acid groups (broad SMARTS) is 1. The first kappa shape index (κ1) is 16.0. The van der Waals surface area contributed by atoms with Crippen molar-refractivity contribution in [2.24, 2.45) is 5.10 Å². The van der Waals surface area contributed by atoms with Crippen LogP contribution < -0.4 is 5.01 Å². The number of carboxylic acids is 1. The molecule has 2 rings (SSSR count). The number of hydrazone groups is 1. The van der Waals surface area contributed by atoms with Crippen LogP contribution in [-0.4, -0.2) is 34.9 Å². The second-order valence-corrected chi connectivity index (χ2v) is 5.35. The number of aliphatic carboxylic acids is 1. The van der Waals surface area contributed by atoms with Crippen molar-refractivity contribution >= 4 is 23.3 Å². The molecule has 0 saturated heterocycles.